The highest BCUT2D eigenvalue weighted by atomic mass is 16.5. The number of piperidine rings is 1. The molecule has 194 valence electrons. The maximum Gasteiger partial charge on any atom is 0.338 e. The van der Waals surface area contributed by atoms with E-state index in [2.05, 4.69) is 10.7 Å². The first-order chi connectivity index (χ1) is 17.4. The third kappa shape index (κ3) is 6.88. The number of primary amides is 1. The van der Waals surface area contributed by atoms with Gasteiger partial charge in [-0.15, -0.1) is 0 Å². The van der Waals surface area contributed by atoms with Gasteiger partial charge in [0.15, 0.2) is 11.5 Å². The van der Waals surface area contributed by atoms with Crippen molar-refractivity contribution in [1.29, 1.82) is 0 Å². The van der Waals surface area contributed by atoms with Crippen molar-refractivity contribution < 1.29 is 28.6 Å². The number of amides is 3. The van der Waals surface area contributed by atoms with Crippen LogP contribution in [0.1, 0.15) is 53.6 Å². The smallest absolute Gasteiger partial charge is 0.338 e. The lowest BCUT2D eigenvalue weighted by molar-refractivity contribution is -0.119. The summed E-state index contributed by atoms with van der Waals surface area (Å²) >= 11 is 0. The van der Waals surface area contributed by atoms with E-state index in [-0.39, 0.29) is 24.6 Å². The van der Waals surface area contributed by atoms with Crippen molar-refractivity contribution in [3.05, 3.63) is 53.1 Å². The summed E-state index contributed by atoms with van der Waals surface area (Å²) in [6.45, 7) is 3.55. The minimum absolute atomic E-state index is 0.174. The van der Waals surface area contributed by atoms with Crippen LogP contribution in [-0.4, -0.2) is 56.8 Å². The summed E-state index contributed by atoms with van der Waals surface area (Å²) in [5, 5.41) is 4.73. The molecular formula is C26H34N4O6. The molecule has 0 aromatic heterocycles. The third-order valence-electron chi connectivity index (χ3n) is 6.04. The number of benzene rings is 2. The Morgan fingerprint density at radius 1 is 1.00 bits per heavy atom. The fraction of sp³-hybridized carbons (Fsp3) is 0.423. The molecule has 1 aliphatic rings. The van der Waals surface area contributed by atoms with E-state index in [9.17, 15) is 14.4 Å². The van der Waals surface area contributed by atoms with Crippen molar-refractivity contribution in [2.45, 2.75) is 38.5 Å². The Bertz CT molecular complexity index is 1070. The number of nitrogens with two attached hydrogens (primary N) is 1. The van der Waals surface area contributed by atoms with E-state index in [0.717, 1.165) is 31.5 Å². The zero-order chi connectivity index (χ0) is 26.1. The van der Waals surface area contributed by atoms with Crippen molar-refractivity contribution in [2.24, 2.45) is 5.73 Å². The van der Waals surface area contributed by atoms with Crippen LogP contribution in [-0.2, 0) is 16.0 Å². The Morgan fingerprint density at radius 3 is 2.22 bits per heavy atom. The van der Waals surface area contributed by atoms with Gasteiger partial charge in [0.2, 0.25) is 5.91 Å². The molecular weight excluding hydrogens is 464 g/mol. The summed E-state index contributed by atoms with van der Waals surface area (Å²) in [5.74, 6) is -1.31. The van der Waals surface area contributed by atoms with Gasteiger partial charge in [-0.05, 0) is 61.6 Å². The molecule has 1 atom stereocenters. The molecule has 4 N–H and O–H groups in total. The number of nitrogens with one attached hydrogen (secondary N) is 2. The quantitative estimate of drug-likeness (QED) is 0.429. The van der Waals surface area contributed by atoms with E-state index >= 15 is 0 Å². The number of esters is 1. The van der Waals surface area contributed by atoms with Crippen LogP contribution >= 0.6 is 0 Å². The summed E-state index contributed by atoms with van der Waals surface area (Å²) in [6, 6.07) is 9.89. The van der Waals surface area contributed by atoms with Crippen LogP contribution < -0.4 is 25.9 Å². The van der Waals surface area contributed by atoms with E-state index in [4.69, 9.17) is 19.9 Å². The van der Waals surface area contributed by atoms with Gasteiger partial charge >= 0.3 is 12.0 Å². The van der Waals surface area contributed by atoms with Gasteiger partial charge in [0.25, 0.3) is 0 Å². The number of carbonyl (C=O) groups is 3. The molecule has 1 heterocycles. The van der Waals surface area contributed by atoms with Crippen LogP contribution in [0.25, 0.3) is 0 Å². The molecule has 3 amide bonds. The van der Waals surface area contributed by atoms with Crippen LogP contribution in [0.15, 0.2) is 36.4 Å². The maximum atomic E-state index is 12.7. The van der Waals surface area contributed by atoms with Gasteiger partial charge in [-0.25, -0.2) is 14.6 Å². The molecule has 10 heteroatoms. The second-order valence-corrected chi connectivity index (χ2v) is 8.48. The van der Waals surface area contributed by atoms with Crippen molar-refractivity contribution >= 4 is 23.6 Å². The highest BCUT2D eigenvalue weighted by Crippen LogP contribution is 2.35. The topological polar surface area (TPSA) is 132 Å². The van der Waals surface area contributed by atoms with E-state index < -0.39 is 17.8 Å². The fourth-order valence-corrected chi connectivity index (χ4v) is 4.20. The first-order valence-corrected chi connectivity index (χ1v) is 12.0. The number of hydrazine groups is 1. The number of hydrogen-bond donors (Lipinski definition) is 3. The molecule has 0 radical (unpaired) electrons. The van der Waals surface area contributed by atoms with E-state index in [1.807, 2.05) is 5.01 Å². The van der Waals surface area contributed by atoms with E-state index in [1.54, 1.807) is 37.3 Å². The number of anilines is 1. The lowest BCUT2D eigenvalue weighted by Crippen LogP contribution is -2.46. The van der Waals surface area contributed by atoms with Crippen LogP contribution in [0.4, 0.5) is 10.5 Å². The molecule has 2 aromatic carbocycles. The normalized spacial score (nSPS) is 14.4. The molecule has 1 aliphatic heterocycles. The van der Waals surface area contributed by atoms with Crippen LogP contribution in [0.5, 0.6) is 11.5 Å². The molecule has 0 bridgehead atoms. The van der Waals surface area contributed by atoms with Crippen LogP contribution in [0.2, 0.25) is 0 Å². The number of methoxy groups -OCH3 is 2. The molecule has 0 saturated carbocycles. The van der Waals surface area contributed by atoms with Crippen molar-refractivity contribution in [3.8, 4) is 11.5 Å². The highest BCUT2D eigenvalue weighted by Gasteiger charge is 2.27. The Morgan fingerprint density at radius 2 is 1.64 bits per heavy atom. The summed E-state index contributed by atoms with van der Waals surface area (Å²) < 4.78 is 15.9. The van der Waals surface area contributed by atoms with Gasteiger partial charge in [0.1, 0.15) is 0 Å². The number of rotatable bonds is 10. The number of hydrogen-bond acceptors (Lipinski definition) is 7. The van der Waals surface area contributed by atoms with Gasteiger partial charge in [0, 0.05) is 18.8 Å². The summed E-state index contributed by atoms with van der Waals surface area (Å²) in [7, 11) is 2.93. The number of urea groups is 1. The standard InChI is InChI=1S/C26H34N4O6/c1-4-36-25(32)21-16-23(35-3)22(34-2)15-19(21)20(24(27)31)14-17-8-10-18(11-9-17)28-26(33)29-30-12-6-5-7-13-30/h8-11,15-16,20H,4-7,12-14H2,1-3H3,(H2,27,31)(H2,28,29,33). The lowest BCUT2D eigenvalue weighted by atomic mass is 9.87. The Labute approximate surface area is 211 Å². The van der Waals surface area contributed by atoms with Gasteiger partial charge in [-0.1, -0.05) is 18.6 Å². The van der Waals surface area contributed by atoms with Gasteiger partial charge < -0.3 is 25.3 Å². The molecule has 2 aromatic rings. The van der Waals surface area contributed by atoms with E-state index in [1.165, 1.54) is 26.7 Å². The Balaban J connectivity index is 1.79. The fourth-order valence-electron chi connectivity index (χ4n) is 4.20. The second-order valence-electron chi connectivity index (χ2n) is 8.48. The molecule has 0 aliphatic carbocycles. The average Bonchev–Trinajstić information content (AvgIpc) is 2.88. The molecule has 1 saturated heterocycles. The minimum Gasteiger partial charge on any atom is -0.493 e. The SMILES string of the molecule is CCOC(=O)c1cc(OC)c(OC)cc1C(Cc1ccc(NC(=O)NN2CCCCC2)cc1)C(N)=O. The highest BCUT2D eigenvalue weighted by molar-refractivity contribution is 5.95. The molecule has 3 rings (SSSR count). The molecule has 1 unspecified atom stereocenters. The third-order valence-corrected chi connectivity index (χ3v) is 6.04. The first-order valence-electron chi connectivity index (χ1n) is 12.0. The zero-order valence-electron chi connectivity index (χ0n) is 21.0. The second kappa shape index (κ2) is 12.8. The molecule has 1 fully saturated rings. The number of nitrogens with zero attached hydrogens (tertiary/aromatic N) is 1. The number of ether oxygens (including phenoxy) is 3. The summed E-state index contributed by atoms with van der Waals surface area (Å²) in [6.07, 6.45) is 3.54. The minimum atomic E-state index is -0.828. The van der Waals surface area contributed by atoms with E-state index in [0.29, 0.717) is 22.7 Å². The lowest BCUT2D eigenvalue weighted by Gasteiger charge is -2.26. The van der Waals surface area contributed by atoms with Gasteiger partial charge in [-0.3, -0.25) is 10.2 Å². The summed E-state index contributed by atoms with van der Waals surface area (Å²) in [4.78, 5) is 37.5. The van der Waals surface area contributed by atoms with Crippen molar-refractivity contribution in [1.82, 2.24) is 10.4 Å². The summed E-state index contributed by atoms with van der Waals surface area (Å²) in [5.41, 5.74) is 10.6. The number of carbonyl (C=O) groups excluding carboxylic acids is 3. The van der Waals surface area contributed by atoms with Crippen molar-refractivity contribution in [3.63, 3.8) is 0 Å². The molecule has 0 spiro atoms. The predicted octanol–water partition coefficient (Wildman–Crippen LogP) is 3.21. The largest absolute Gasteiger partial charge is 0.493 e. The van der Waals surface area contributed by atoms with Crippen LogP contribution in [0.3, 0.4) is 0 Å². The van der Waals surface area contributed by atoms with Crippen LogP contribution in [0, 0.1) is 0 Å². The molecule has 36 heavy (non-hydrogen) atoms. The Hall–Kier alpha value is -3.79. The zero-order valence-corrected chi connectivity index (χ0v) is 21.0. The maximum absolute atomic E-state index is 12.7. The Kier molecular flexibility index (Phi) is 9.52. The predicted molar refractivity (Wildman–Crippen MR) is 135 cm³/mol. The first kappa shape index (κ1) is 26.8. The molecule has 10 nitrogen and oxygen atoms in total. The monoisotopic (exact) mass is 498 g/mol. The van der Waals surface area contributed by atoms with Gasteiger partial charge in [-0.2, -0.15) is 0 Å². The van der Waals surface area contributed by atoms with Gasteiger partial charge in [0.05, 0.1) is 32.3 Å². The van der Waals surface area contributed by atoms with Crippen molar-refractivity contribution in [2.75, 3.05) is 39.2 Å². The average molecular weight is 499 g/mol.